The quantitative estimate of drug-likeness (QED) is 0.275. The van der Waals surface area contributed by atoms with Gasteiger partial charge in [-0.25, -0.2) is 4.79 Å². The van der Waals surface area contributed by atoms with Crippen LogP contribution < -0.4 is 5.32 Å². The van der Waals surface area contributed by atoms with Crippen molar-refractivity contribution in [2.75, 3.05) is 11.9 Å². The lowest BCUT2D eigenvalue weighted by Gasteiger charge is -2.06. The number of benzene rings is 2. The molecule has 0 saturated carbocycles. The molecule has 0 aromatic heterocycles. The standard InChI is InChI=1S/C19H15N3O5/c1-2-27-19(24)13-7-9-16(10-8-13)21-18(23)15(12-20)11-14-5-3-4-6-17(14)22(25)26/h3-11H,2H2,1H3,(H,21,23)/b15-11+. The van der Waals surface area contributed by atoms with Gasteiger partial charge >= 0.3 is 5.97 Å². The summed E-state index contributed by atoms with van der Waals surface area (Å²) in [6, 6.07) is 13.5. The molecule has 8 nitrogen and oxygen atoms in total. The third kappa shape index (κ3) is 4.99. The Hall–Kier alpha value is -3.99. The summed E-state index contributed by atoms with van der Waals surface area (Å²) in [6.07, 6.45) is 1.15. The van der Waals surface area contributed by atoms with Crippen molar-refractivity contribution in [1.82, 2.24) is 0 Å². The van der Waals surface area contributed by atoms with Crippen LogP contribution in [0.1, 0.15) is 22.8 Å². The highest BCUT2D eigenvalue weighted by molar-refractivity contribution is 6.10. The van der Waals surface area contributed by atoms with E-state index in [1.165, 1.54) is 42.5 Å². The second kappa shape index (κ2) is 8.92. The normalized spacial score (nSPS) is 10.6. The Kier molecular flexibility index (Phi) is 6.39. The largest absolute Gasteiger partial charge is 0.462 e. The van der Waals surface area contributed by atoms with Crippen LogP contribution in [0.25, 0.3) is 6.08 Å². The minimum atomic E-state index is -0.723. The summed E-state index contributed by atoms with van der Waals surface area (Å²) in [6.45, 7) is 1.94. The maximum Gasteiger partial charge on any atom is 0.338 e. The SMILES string of the molecule is CCOC(=O)c1ccc(NC(=O)/C(C#N)=C/c2ccccc2[N+](=O)[O-])cc1. The van der Waals surface area contributed by atoms with Gasteiger partial charge in [-0.05, 0) is 43.3 Å². The zero-order chi connectivity index (χ0) is 19.8. The number of ether oxygens (including phenoxy) is 1. The van der Waals surface area contributed by atoms with E-state index in [9.17, 15) is 25.0 Å². The maximum atomic E-state index is 12.3. The van der Waals surface area contributed by atoms with Gasteiger partial charge in [0, 0.05) is 11.8 Å². The highest BCUT2D eigenvalue weighted by Crippen LogP contribution is 2.21. The average Bonchev–Trinajstić information content (AvgIpc) is 2.66. The van der Waals surface area contributed by atoms with Crippen molar-refractivity contribution in [3.05, 3.63) is 75.3 Å². The molecule has 0 bridgehead atoms. The molecule has 2 aromatic rings. The number of nitrogens with one attached hydrogen (secondary N) is 1. The topological polar surface area (TPSA) is 122 Å². The number of para-hydroxylation sites is 1. The van der Waals surface area contributed by atoms with Crippen molar-refractivity contribution < 1.29 is 19.2 Å². The minimum absolute atomic E-state index is 0.145. The molecular weight excluding hydrogens is 350 g/mol. The van der Waals surface area contributed by atoms with Gasteiger partial charge in [0.15, 0.2) is 0 Å². The first-order chi connectivity index (χ1) is 13.0. The third-order valence-electron chi connectivity index (χ3n) is 3.45. The molecule has 0 saturated heterocycles. The summed E-state index contributed by atoms with van der Waals surface area (Å²) >= 11 is 0. The number of nitro benzene ring substituents is 1. The highest BCUT2D eigenvalue weighted by atomic mass is 16.6. The van der Waals surface area contributed by atoms with Crippen LogP contribution in [-0.4, -0.2) is 23.4 Å². The van der Waals surface area contributed by atoms with Crippen LogP contribution in [0.3, 0.4) is 0 Å². The first-order valence-corrected chi connectivity index (χ1v) is 7.90. The van der Waals surface area contributed by atoms with Crippen LogP contribution in [0, 0.1) is 21.4 Å². The van der Waals surface area contributed by atoms with E-state index in [0.717, 1.165) is 6.08 Å². The molecule has 0 aliphatic heterocycles. The lowest BCUT2D eigenvalue weighted by Crippen LogP contribution is -2.13. The Morgan fingerprint density at radius 2 is 1.89 bits per heavy atom. The molecule has 0 aliphatic rings. The van der Waals surface area contributed by atoms with Crippen LogP contribution in [0.5, 0.6) is 0 Å². The number of hydrogen-bond donors (Lipinski definition) is 1. The molecule has 27 heavy (non-hydrogen) atoms. The molecule has 0 aliphatic carbocycles. The van der Waals surface area contributed by atoms with Gasteiger partial charge in [0.1, 0.15) is 11.6 Å². The first kappa shape index (κ1) is 19.3. The molecule has 1 N–H and O–H groups in total. The average molecular weight is 365 g/mol. The van der Waals surface area contributed by atoms with Gasteiger partial charge in [-0.1, -0.05) is 12.1 Å². The molecule has 2 rings (SSSR count). The smallest absolute Gasteiger partial charge is 0.338 e. The second-order valence-electron chi connectivity index (χ2n) is 5.24. The van der Waals surface area contributed by atoms with E-state index >= 15 is 0 Å². The molecule has 0 spiro atoms. The van der Waals surface area contributed by atoms with Crippen molar-refractivity contribution in [2.24, 2.45) is 0 Å². The molecule has 0 radical (unpaired) electrons. The minimum Gasteiger partial charge on any atom is -0.462 e. The molecule has 0 atom stereocenters. The van der Waals surface area contributed by atoms with Crippen LogP contribution in [-0.2, 0) is 9.53 Å². The fourth-order valence-electron chi connectivity index (χ4n) is 2.18. The molecule has 2 aromatic carbocycles. The van der Waals surface area contributed by atoms with Crippen molar-refractivity contribution >= 4 is 29.3 Å². The molecule has 136 valence electrons. The maximum absolute atomic E-state index is 12.3. The number of carbonyl (C=O) groups is 2. The summed E-state index contributed by atoms with van der Waals surface area (Å²) in [5.41, 5.74) is 0.324. The highest BCUT2D eigenvalue weighted by Gasteiger charge is 2.15. The van der Waals surface area contributed by atoms with Gasteiger partial charge in [-0.2, -0.15) is 5.26 Å². The van der Waals surface area contributed by atoms with Gasteiger partial charge in [-0.3, -0.25) is 14.9 Å². The summed E-state index contributed by atoms with van der Waals surface area (Å²) in [4.78, 5) is 34.3. The zero-order valence-electron chi connectivity index (χ0n) is 14.3. The predicted molar refractivity (Wildman–Crippen MR) is 97.7 cm³/mol. The van der Waals surface area contributed by atoms with Crippen LogP contribution >= 0.6 is 0 Å². The molecule has 0 fully saturated rings. The van der Waals surface area contributed by atoms with Crippen molar-refractivity contribution in [1.29, 1.82) is 5.26 Å². The number of carbonyl (C=O) groups excluding carboxylic acids is 2. The summed E-state index contributed by atoms with van der Waals surface area (Å²) < 4.78 is 4.87. The van der Waals surface area contributed by atoms with E-state index < -0.39 is 16.8 Å². The third-order valence-corrected chi connectivity index (χ3v) is 3.45. The van der Waals surface area contributed by atoms with Crippen molar-refractivity contribution in [3.63, 3.8) is 0 Å². The number of amides is 1. The monoisotopic (exact) mass is 365 g/mol. The number of rotatable bonds is 6. The summed E-state index contributed by atoms with van der Waals surface area (Å²) in [5.74, 6) is -1.20. The molecule has 1 amide bonds. The second-order valence-corrected chi connectivity index (χ2v) is 5.24. The van der Waals surface area contributed by atoms with Gasteiger partial charge in [-0.15, -0.1) is 0 Å². The predicted octanol–water partition coefficient (Wildman–Crippen LogP) is 3.32. The lowest BCUT2D eigenvalue weighted by atomic mass is 10.1. The van der Waals surface area contributed by atoms with E-state index in [1.54, 1.807) is 19.1 Å². The Labute approximate surface area is 154 Å². The number of nitriles is 1. The first-order valence-electron chi connectivity index (χ1n) is 7.90. The van der Waals surface area contributed by atoms with Gasteiger partial charge in [0.2, 0.25) is 0 Å². The van der Waals surface area contributed by atoms with E-state index in [-0.39, 0.29) is 23.4 Å². The number of nitrogens with zero attached hydrogens (tertiary/aromatic N) is 2. The molecule has 8 heteroatoms. The number of hydrogen-bond acceptors (Lipinski definition) is 6. The Morgan fingerprint density at radius 1 is 1.22 bits per heavy atom. The van der Waals surface area contributed by atoms with E-state index in [1.807, 2.05) is 0 Å². The number of nitro groups is 1. The van der Waals surface area contributed by atoms with E-state index in [4.69, 9.17) is 4.74 Å². The molecule has 0 heterocycles. The van der Waals surface area contributed by atoms with Crippen LogP contribution in [0.4, 0.5) is 11.4 Å². The Bertz CT molecular complexity index is 943. The summed E-state index contributed by atoms with van der Waals surface area (Å²) in [5, 5.41) is 22.8. The lowest BCUT2D eigenvalue weighted by molar-refractivity contribution is -0.385. The summed E-state index contributed by atoms with van der Waals surface area (Å²) in [7, 11) is 0. The van der Waals surface area contributed by atoms with Crippen molar-refractivity contribution in [2.45, 2.75) is 6.92 Å². The zero-order valence-corrected chi connectivity index (χ0v) is 14.3. The van der Waals surface area contributed by atoms with E-state index in [2.05, 4.69) is 5.32 Å². The van der Waals surface area contributed by atoms with Crippen LogP contribution in [0.15, 0.2) is 54.1 Å². The van der Waals surface area contributed by atoms with Gasteiger partial charge < -0.3 is 10.1 Å². The fraction of sp³-hybridized carbons (Fsp3) is 0.105. The fourth-order valence-corrected chi connectivity index (χ4v) is 2.18. The van der Waals surface area contributed by atoms with E-state index in [0.29, 0.717) is 11.3 Å². The number of esters is 1. The number of anilines is 1. The molecule has 0 unspecified atom stereocenters. The van der Waals surface area contributed by atoms with Gasteiger partial charge in [0.05, 0.1) is 22.7 Å². The Balaban J connectivity index is 2.20. The van der Waals surface area contributed by atoms with Crippen LogP contribution in [0.2, 0.25) is 0 Å². The van der Waals surface area contributed by atoms with Gasteiger partial charge in [0.25, 0.3) is 11.6 Å². The van der Waals surface area contributed by atoms with Crippen molar-refractivity contribution in [3.8, 4) is 6.07 Å². The molecular formula is C19H15N3O5. The Morgan fingerprint density at radius 3 is 2.48 bits per heavy atom.